The molecule has 0 bridgehead atoms. The molecule has 1 rings (SSSR count). The van der Waals surface area contributed by atoms with Gasteiger partial charge in [-0.3, -0.25) is 4.68 Å². The minimum atomic E-state index is 0.0661. The Bertz CT molecular complexity index is 225. The third kappa shape index (κ3) is 1.51. The molecule has 0 unspecified atom stereocenters. The summed E-state index contributed by atoms with van der Waals surface area (Å²) >= 11 is 8.86. The lowest BCUT2D eigenvalue weighted by Gasteiger charge is -1.97. The maximum Gasteiger partial charge on any atom is 0.122 e. The van der Waals surface area contributed by atoms with Crippen molar-refractivity contribution >= 4 is 27.5 Å². The molecule has 0 saturated heterocycles. The fourth-order valence-corrected chi connectivity index (χ4v) is 1.11. The summed E-state index contributed by atoms with van der Waals surface area (Å²) < 4.78 is 2.30. The van der Waals surface area contributed by atoms with Gasteiger partial charge in [0.1, 0.15) is 4.60 Å². The Hall–Kier alpha value is -0.0600. The molecular weight excluding hydrogens is 219 g/mol. The van der Waals surface area contributed by atoms with Gasteiger partial charge in [0.15, 0.2) is 0 Å². The fourth-order valence-electron chi connectivity index (χ4n) is 0.598. The normalized spacial score (nSPS) is 10.3. The van der Waals surface area contributed by atoms with E-state index in [9.17, 15) is 0 Å². The van der Waals surface area contributed by atoms with Crippen LogP contribution in [-0.4, -0.2) is 21.5 Å². The van der Waals surface area contributed by atoms with Crippen molar-refractivity contribution in [1.29, 1.82) is 0 Å². The summed E-state index contributed by atoms with van der Waals surface area (Å²) in [7, 11) is 0. The molecule has 10 heavy (non-hydrogen) atoms. The first kappa shape index (κ1) is 8.04. The molecule has 0 atom stereocenters. The molecule has 1 aromatic rings. The number of rotatable bonds is 2. The van der Waals surface area contributed by atoms with Crippen LogP contribution in [0.2, 0.25) is 5.02 Å². The summed E-state index contributed by atoms with van der Waals surface area (Å²) in [6.07, 6.45) is 1.53. The molecule has 0 aliphatic rings. The number of halogens is 2. The van der Waals surface area contributed by atoms with Gasteiger partial charge in [-0.15, -0.1) is 0 Å². The van der Waals surface area contributed by atoms with E-state index in [1.165, 1.54) is 6.20 Å². The van der Waals surface area contributed by atoms with E-state index >= 15 is 0 Å². The van der Waals surface area contributed by atoms with Crippen molar-refractivity contribution in [1.82, 2.24) is 9.78 Å². The number of aromatic nitrogens is 2. The molecule has 1 heterocycles. The van der Waals surface area contributed by atoms with Gasteiger partial charge in [-0.2, -0.15) is 5.10 Å². The molecule has 0 aromatic carbocycles. The SMILES string of the molecule is OCCn1ncc(Cl)c1Br. The average molecular weight is 225 g/mol. The van der Waals surface area contributed by atoms with Crippen molar-refractivity contribution < 1.29 is 5.11 Å². The second-order valence-electron chi connectivity index (χ2n) is 1.73. The van der Waals surface area contributed by atoms with E-state index in [1.54, 1.807) is 4.68 Å². The van der Waals surface area contributed by atoms with Crippen LogP contribution in [0.5, 0.6) is 0 Å². The van der Waals surface area contributed by atoms with Crippen LogP contribution in [0.25, 0.3) is 0 Å². The topological polar surface area (TPSA) is 38.0 Å². The Morgan fingerprint density at radius 2 is 2.50 bits per heavy atom. The summed E-state index contributed by atoms with van der Waals surface area (Å²) in [4.78, 5) is 0. The highest BCUT2D eigenvalue weighted by molar-refractivity contribution is 9.10. The van der Waals surface area contributed by atoms with Crippen molar-refractivity contribution in [3.05, 3.63) is 15.8 Å². The molecule has 3 nitrogen and oxygen atoms in total. The van der Waals surface area contributed by atoms with Crippen LogP contribution >= 0.6 is 27.5 Å². The highest BCUT2D eigenvalue weighted by Crippen LogP contribution is 2.20. The van der Waals surface area contributed by atoms with Gasteiger partial charge in [0.25, 0.3) is 0 Å². The zero-order chi connectivity index (χ0) is 7.56. The van der Waals surface area contributed by atoms with Crippen molar-refractivity contribution in [2.75, 3.05) is 6.61 Å². The summed E-state index contributed by atoms with van der Waals surface area (Å²) in [5, 5.41) is 13.0. The first-order valence-corrected chi connectivity index (χ1v) is 3.90. The van der Waals surface area contributed by atoms with E-state index in [-0.39, 0.29) is 6.61 Å². The smallest absolute Gasteiger partial charge is 0.122 e. The Kier molecular flexibility index (Phi) is 2.71. The molecule has 0 radical (unpaired) electrons. The van der Waals surface area contributed by atoms with E-state index < -0.39 is 0 Å². The number of aliphatic hydroxyl groups is 1. The van der Waals surface area contributed by atoms with Gasteiger partial charge in [0.2, 0.25) is 0 Å². The molecule has 0 amide bonds. The fraction of sp³-hybridized carbons (Fsp3) is 0.400. The molecule has 1 N–H and O–H groups in total. The number of hydrogen-bond acceptors (Lipinski definition) is 2. The summed E-state index contributed by atoms with van der Waals surface area (Å²) in [5.74, 6) is 0. The molecular formula is C5H6BrClN2O. The summed E-state index contributed by atoms with van der Waals surface area (Å²) in [5.41, 5.74) is 0. The van der Waals surface area contributed by atoms with Gasteiger partial charge in [0.05, 0.1) is 24.4 Å². The lowest BCUT2D eigenvalue weighted by atomic mass is 10.7. The minimum Gasteiger partial charge on any atom is -0.394 e. The summed E-state index contributed by atoms with van der Waals surface area (Å²) in [6.45, 7) is 0.532. The van der Waals surface area contributed by atoms with Gasteiger partial charge >= 0.3 is 0 Å². The van der Waals surface area contributed by atoms with Crippen LogP contribution in [0.4, 0.5) is 0 Å². The molecule has 0 aliphatic heterocycles. The van der Waals surface area contributed by atoms with E-state index in [0.29, 0.717) is 16.2 Å². The predicted molar refractivity (Wildman–Crippen MR) is 42.0 cm³/mol. The molecule has 5 heteroatoms. The van der Waals surface area contributed by atoms with Crippen LogP contribution in [0, 0.1) is 0 Å². The molecule has 0 aliphatic carbocycles. The highest BCUT2D eigenvalue weighted by Gasteiger charge is 2.03. The average Bonchev–Trinajstić information content (AvgIpc) is 2.20. The number of nitrogens with zero attached hydrogens (tertiary/aromatic N) is 2. The lowest BCUT2D eigenvalue weighted by Crippen LogP contribution is -2.03. The number of hydrogen-bond donors (Lipinski definition) is 1. The zero-order valence-electron chi connectivity index (χ0n) is 5.09. The van der Waals surface area contributed by atoms with Crippen molar-refractivity contribution in [2.45, 2.75) is 6.54 Å². The third-order valence-corrected chi connectivity index (χ3v) is 2.39. The number of aliphatic hydroxyl groups excluding tert-OH is 1. The largest absolute Gasteiger partial charge is 0.394 e. The maximum absolute atomic E-state index is 8.53. The Morgan fingerprint density at radius 1 is 1.80 bits per heavy atom. The molecule has 0 spiro atoms. The van der Waals surface area contributed by atoms with E-state index in [1.807, 2.05) is 0 Å². The second-order valence-corrected chi connectivity index (χ2v) is 2.89. The quantitative estimate of drug-likeness (QED) is 0.824. The molecule has 56 valence electrons. The van der Waals surface area contributed by atoms with E-state index in [4.69, 9.17) is 16.7 Å². The van der Waals surface area contributed by atoms with Crippen molar-refractivity contribution in [3.8, 4) is 0 Å². The first-order valence-electron chi connectivity index (χ1n) is 2.73. The molecule has 0 fully saturated rings. The second kappa shape index (κ2) is 3.37. The van der Waals surface area contributed by atoms with Crippen LogP contribution in [-0.2, 0) is 6.54 Å². The van der Waals surface area contributed by atoms with Crippen LogP contribution in [0.15, 0.2) is 10.8 Å². The highest BCUT2D eigenvalue weighted by atomic mass is 79.9. The third-order valence-electron chi connectivity index (χ3n) is 1.05. The van der Waals surface area contributed by atoms with Crippen LogP contribution in [0.1, 0.15) is 0 Å². The van der Waals surface area contributed by atoms with Gasteiger partial charge in [-0.25, -0.2) is 0 Å². The van der Waals surface area contributed by atoms with Gasteiger partial charge in [-0.05, 0) is 15.9 Å². The zero-order valence-corrected chi connectivity index (χ0v) is 7.43. The van der Waals surface area contributed by atoms with Crippen molar-refractivity contribution in [2.24, 2.45) is 0 Å². The van der Waals surface area contributed by atoms with E-state index in [2.05, 4.69) is 21.0 Å². The van der Waals surface area contributed by atoms with Gasteiger partial charge < -0.3 is 5.11 Å². The first-order chi connectivity index (χ1) is 4.75. The Morgan fingerprint density at radius 3 is 2.90 bits per heavy atom. The Balaban J connectivity index is 2.83. The maximum atomic E-state index is 8.53. The Labute approximate surface area is 71.7 Å². The predicted octanol–water partition coefficient (Wildman–Crippen LogP) is 1.29. The van der Waals surface area contributed by atoms with Gasteiger partial charge in [-0.1, -0.05) is 11.6 Å². The molecule has 1 aromatic heterocycles. The monoisotopic (exact) mass is 224 g/mol. The summed E-state index contributed by atoms with van der Waals surface area (Å²) in [6, 6.07) is 0. The standard InChI is InChI=1S/C5H6BrClN2O/c6-5-4(7)3-8-9(5)1-2-10/h3,10H,1-2H2. The molecule has 0 saturated carbocycles. The van der Waals surface area contributed by atoms with E-state index in [0.717, 1.165) is 0 Å². The van der Waals surface area contributed by atoms with Crippen LogP contribution < -0.4 is 0 Å². The minimum absolute atomic E-state index is 0.0661. The van der Waals surface area contributed by atoms with Crippen LogP contribution in [0.3, 0.4) is 0 Å². The van der Waals surface area contributed by atoms with Gasteiger partial charge in [0, 0.05) is 0 Å². The lowest BCUT2D eigenvalue weighted by molar-refractivity contribution is 0.268. The van der Waals surface area contributed by atoms with Crippen molar-refractivity contribution in [3.63, 3.8) is 0 Å².